The van der Waals surface area contributed by atoms with Crippen LogP contribution in [0.25, 0.3) is 10.8 Å². The van der Waals surface area contributed by atoms with Crippen LogP contribution in [-0.2, 0) is 0 Å². The van der Waals surface area contributed by atoms with Crippen LogP contribution in [0.5, 0.6) is 11.6 Å². The fourth-order valence-corrected chi connectivity index (χ4v) is 2.33. The molecule has 1 aromatic heterocycles. The van der Waals surface area contributed by atoms with Crippen molar-refractivity contribution in [3.63, 3.8) is 0 Å². The van der Waals surface area contributed by atoms with E-state index in [4.69, 9.17) is 4.74 Å². The second-order valence-electron chi connectivity index (χ2n) is 4.88. The maximum Gasteiger partial charge on any atom is 0.227 e. The van der Waals surface area contributed by atoms with Crippen molar-refractivity contribution in [1.29, 1.82) is 0 Å². The zero-order chi connectivity index (χ0) is 14.8. The molecule has 106 valence electrons. The third kappa shape index (κ3) is 2.52. The quantitative estimate of drug-likeness (QED) is 0.784. The van der Waals surface area contributed by atoms with Gasteiger partial charge < -0.3 is 10.1 Å². The Morgan fingerprint density at radius 1 is 0.952 bits per heavy atom. The van der Waals surface area contributed by atoms with Crippen molar-refractivity contribution in [2.75, 3.05) is 12.4 Å². The van der Waals surface area contributed by atoms with Crippen LogP contribution in [0.1, 0.15) is 11.4 Å². The molecule has 1 N–H and O–H groups in total. The van der Waals surface area contributed by atoms with Crippen LogP contribution in [0.3, 0.4) is 0 Å². The molecule has 0 spiro atoms. The zero-order valence-electron chi connectivity index (χ0n) is 12.3. The minimum absolute atomic E-state index is 0.586. The molecule has 0 bridgehead atoms. The van der Waals surface area contributed by atoms with E-state index in [0.717, 1.165) is 27.9 Å². The van der Waals surface area contributed by atoms with Gasteiger partial charge in [-0.25, -0.2) is 4.98 Å². The van der Waals surface area contributed by atoms with Crippen molar-refractivity contribution < 1.29 is 4.74 Å². The van der Waals surface area contributed by atoms with Crippen LogP contribution >= 0.6 is 0 Å². The Bertz CT molecular complexity index is 794. The van der Waals surface area contributed by atoms with Crippen molar-refractivity contribution >= 4 is 16.6 Å². The standard InChI is InChI=1S/C17H17N3O/c1-11-16(18-3)19-12(2)20-17(11)21-15-10-6-8-13-7-4-5-9-14(13)15/h4-10H,1-3H3,(H,18,19,20). The van der Waals surface area contributed by atoms with E-state index >= 15 is 0 Å². The van der Waals surface area contributed by atoms with Crippen molar-refractivity contribution in [2.24, 2.45) is 0 Å². The van der Waals surface area contributed by atoms with Gasteiger partial charge >= 0.3 is 0 Å². The number of ether oxygens (including phenoxy) is 1. The average molecular weight is 279 g/mol. The van der Waals surface area contributed by atoms with Gasteiger partial charge in [-0.1, -0.05) is 36.4 Å². The molecule has 4 nitrogen and oxygen atoms in total. The first-order valence-corrected chi connectivity index (χ1v) is 6.87. The Morgan fingerprint density at radius 3 is 2.52 bits per heavy atom. The molecular formula is C17H17N3O. The highest BCUT2D eigenvalue weighted by atomic mass is 16.5. The average Bonchev–Trinajstić information content (AvgIpc) is 2.51. The molecule has 0 radical (unpaired) electrons. The molecule has 2 aromatic carbocycles. The summed E-state index contributed by atoms with van der Waals surface area (Å²) in [7, 11) is 1.84. The summed E-state index contributed by atoms with van der Waals surface area (Å²) in [6.45, 7) is 3.81. The number of benzene rings is 2. The second kappa shape index (κ2) is 5.40. The summed E-state index contributed by atoms with van der Waals surface area (Å²) in [4.78, 5) is 8.76. The highest BCUT2D eigenvalue weighted by Crippen LogP contribution is 2.31. The maximum atomic E-state index is 6.05. The molecule has 0 saturated heterocycles. The number of rotatable bonds is 3. The Labute approximate surface area is 123 Å². The highest BCUT2D eigenvalue weighted by molar-refractivity contribution is 5.88. The molecular weight excluding hydrogens is 262 g/mol. The summed E-state index contributed by atoms with van der Waals surface area (Å²) in [6, 6.07) is 14.2. The SMILES string of the molecule is CNc1nc(C)nc(Oc2cccc3ccccc23)c1C. The lowest BCUT2D eigenvalue weighted by atomic mass is 10.1. The van der Waals surface area contributed by atoms with Gasteiger partial charge in [0, 0.05) is 12.4 Å². The molecule has 0 amide bonds. The molecule has 0 aliphatic heterocycles. The molecule has 4 heteroatoms. The van der Waals surface area contributed by atoms with Gasteiger partial charge in [-0.05, 0) is 25.3 Å². The fraction of sp³-hybridized carbons (Fsp3) is 0.176. The minimum atomic E-state index is 0.586. The highest BCUT2D eigenvalue weighted by Gasteiger charge is 2.11. The minimum Gasteiger partial charge on any atom is -0.438 e. The van der Waals surface area contributed by atoms with Crippen LogP contribution in [0.15, 0.2) is 42.5 Å². The predicted octanol–water partition coefficient (Wildman–Crippen LogP) is 4.08. The second-order valence-corrected chi connectivity index (χ2v) is 4.88. The van der Waals surface area contributed by atoms with E-state index in [1.54, 1.807) is 0 Å². The largest absolute Gasteiger partial charge is 0.438 e. The Kier molecular flexibility index (Phi) is 3.44. The van der Waals surface area contributed by atoms with Gasteiger partial charge in [0.05, 0.1) is 5.56 Å². The number of hydrogen-bond acceptors (Lipinski definition) is 4. The van der Waals surface area contributed by atoms with Gasteiger partial charge in [-0.15, -0.1) is 0 Å². The number of nitrogens with one attached hydrogen (secondary N) is 1. The number of hydrogen-bond donors (Lipinski definition) is 1. The predicted molar refractivity (Wildman–Crippen MR) is 85.1 cm³/mol. The molecule has 0 aliphatic rings. The van der Waals surface area contributed by atoms with E-state index in [0.29, 0.717) is 11.7 Å². The van der Waals surface area contributed by atoms with Gasteiger partial charge in [-0.2, -0.15) is 4.98 Å². The van der Waals surface area contributed by atoms with Gasteiger partial charge in [0.1, 0.15) is 17.4 Å². The number of aryl methyl sites for hydroxylation is 1. The van der Waals surface area contributed by atoms with Crippen molar-refractivity contribution in [3.05, 3.63) is 53.9 Å². The summed E-state index contributed by atoms with van der Waals surface area (Å²) in [5.74, 6) is 2.86. The normalized spacial score (nSPS) is 10.6. The Hall–Kier alpha value is -2.62. The summed E-state index contributed by atoms with van der Waals surface area (Å²) < 4.78 is 6.05. The van der Waals surface area contributed by atoms with Crippen molar-refractivity contribution in [3.8, 4) is 11.6 Å². The third-order valence-electron chi connectivity index (χ3n) is 3.41. The third-order valence-corrected chi connectivity index (χ3v) is 3.41. The van der Waals surface area contributed by atoms with E-state index in [1.165, 1.54) is 0 Å². The van der Waals surface area contributed by atoms with E-state index < -0.39 is 0 Å². The number of nitrogens with zero attached hydrogens (tertiary/aromatic N) is 2. The molecule has 0 aliphatic carbocycles. The monoisotopic (exact) mass is 279 g/mol. The molecule has 3 aromatic rings. The topological polar surface area (TPSA) is 47.0 Å². The molecule has 0 atom stereocenters. The molecule has 3 rings (SSSR count). The molecule has 21 heavy (non-hydrogen) atoms. The van der Waals surface area contributed by atoms with E-state index in [9.17, 15) is 0 Å². The van der Waals surface area contributed by atoms with Crippen molar-refractivity contribution in [2.45, 2.75) is 13.8 Å². The van der Waals surface area contributed by atoms with E-state index in [-0.39, 0.29) is 0 Å². The van der Waals surface area contributed by atoms with Gasteiger partial charge in [-0.3, -0.25) is 0 Å². The summed E-state index contributed by atoms with van der Waals surface area (Å²) in [6.07, 6.45) is 0. The number of anilines is 1. The molecule has 0 fully saturated rings. The van der Waals surface area contributed by atoms with Gasteiger partial charge in [0.25, 0.3) is 0 Å². The van der Waals surface area contributed by atoms with Gasteiger partial charge in [0.2, 0.25) is 5.88 Å². The number of fused-ring (bicyclic) bond motifs is 1. The maximum absolute atomic E-state index is 6.05. The lowest BCUT2D eigenvalue weighted by Crippen LogP contribution is -2.03. The summed E-state index contributed by atoms with van der Waals surface area (Å²) >= 11 is 0. The van der Waals surface area contributed by atoms with Crippen molar-refractivity contribution in [1.82, 2.24) is 9.97 Å². The number of aromatic nitrogens is 2. The first kappa shape index (κ1) is 13.4. The zero-order valence-corrected chi connectivity index (χ0v) is 12.3. The molecule has 1 heterocycles. The van der Waals surface area contributed by atoms with E-state index in [1.807, 2.05) is 51.2 Å². The van der Waals surface area contributed by atoms with Crippen LogP contribution in [0, 0.1) is 13.8 Å². The van der Waals surface area contributed by atoms with Crippen LogP contribution < -0.4 is 10.1 Å². The molecule has 0 saturated carbocycles. The summed E-state index contributed by atoms with van der Waals surface area (Å²) in [5.41, 5.74) is 0.899. The lowest BCUT2D eigenvalue weighted by Gasteiger charge is -2.13. The van der Waals surface area contributed by atoms with Crippen LogP contribution in [0.4, 0.5) is 5.82 Å². The Balaban J connectivity index is 2.09. The smallest absolute Gasteiger partial charge is 0.227 e. The Morgan fingerprint density at radius 2 is 1.71 bits per heavy atom. The summed E-state index contributed by atoms with van der Waals surface area (Å²) in [5, 5.41) is 5.28. The molecule has 0 unspecified atom stereocenters. The van der Waals surface area contributed by atoms with Crippen LogP contribution in [-0.4, -0.2) is 17.0 Å². The lowest BCUT2D eigenvalue weighted by molar-refractivity contribution is 0.461. The van der Waals surface area contributed by atoms with Crippen LogP contribution in [0.2, 0.25) is 0 Å². The first-order valence-electron chi connectivity index (χ1n) is 6.87. The van der Waals surface area contributed by atoms with E-state index in [2.05, 4.69) is 27.4 Å². The fourth-order valence-electron chi connectivity index (χ4n) is 2.33. The van der Waals surface area contributed by atoms with Gasteiger partial charge in [0.15, 0.2) is 0 Å². The first-order chi connectivity index (χ1) is 10.2.